The zero-order valence-corrected chi connectivity index (χ0v) is 19.8. The van der Waals surface area contributed by atoms with Gasteiger partial charge in [0.15, 0.2) is 0 Å². The van der Waals surface area contributed by atoms with Gasteiger partial charge in [0.1, 0.15) is 12.1 Å². The van der Waals surface area contributed by atoms with E-state index in [2.05, 4.69) is 18.7 Å². The van der Waals surface area contributed by atoms with Crippen molar-refractivity contribution in [1.29, 1.82) is 0 Å². The fraction of sp³-hybridized carbons (Fsp3) is 0.481. The molecule has 1 saturated carbocycles. The molecule has 1 aliphatic rings. The van der Waals surface area contributed by atoms with Crippen molar-refractivity contribution >= 4 is 11.9 Å². The topological polar surface area (TPSA) is 104 Å². The number of nitrogens with zero attached hydrogens (tertiary/aromatic N) is 1. The standard InChI is InChI=1S/C18H27NO2.C9H11NO2/c1-14(2)19(16-11-7-4-8-12-16)17(18(20)21)13-15-9-5-3-6-10-15;10-8(9(11)12)6-7-4-2-1-3-5-7/h3,5-6,9-10,14,16-17H,4,7-8,11-13H2,1-2H3,(H,20,21);1-5,8H,6,10H2,(H,11,12)/t17-;8-/m00/s1. The van der Waals surface area contributed by atoms with E-state index in [1.54, 1.807) is 0 Å². The van der Waals surface area contributed by atoms with Gasteiger partial charge < -0.3 is 15.9 Å². The van der Waals surface area contributed by atoms with Crippen LogP contribution in [-0.4, -0.2) is 51.2 Å². The summed E-state index contributed by atoms with van der Waals surface area (Å²) >= 11 is 0. The summed E-state index contributed by atoms with van der Waals surface area (Å²) in [7, 11) is 0. The molecule has 33 heavy (non-hydrogen) atoms. The van der Waals surface area contributed by atoms with Crippen LogP contribution in [0.2, 0.25) is 0 Å². The van der Waals surface area contributed by atoms with E-state index in [0.29, 0.717) is 18.9 Å². The second kappa shape index (κ2) is 13.8. The zero-order chi connectivity index (χ0) is 24.2. The fourth-order valence-corrected chi connectivity index (χ4v) is 4.53. The number of hydrogen-bond donors (Lipinski definition) is 3. The predicted molar refractivity (Wildman–Crippen MR) is 131 cm³/mol. The molecule has 0 saturated heterocycles. The summed E-state index contributed by atoms with van der Waals surface area (Å²) in [6.45, 7) is 4.24. The fourth-order valence-electron chi connectivity index (χ4n) is 4.53. The lowest BCUT2D eigenvalue weighted by Gasteiger charge is -2.41. The molecule has 2 aromatic carbocycles. The summed E-state index contributed by atoms with van der Waals surface area (Å²) in [5, 5.41) is 18.3. The number of carboxylic acid groups (broad SMARTS) is 2. The summed E-state index contributed by atoms with van der Waals surface area (Å²) in [5.74, 6) is -1.66. The molecule has 0 unspecified atom stereocenters. The summed E-state index contributed by atoms with van der Waals surface area (Å²) in [6, 6.07) is 18.8. The Morgan fingerprint density at radius 3 is 1.76 bits per heavy atom. The normalized spacial score (nSPS) is 16.0. The van der Waals surface area contributed by atoms with Crippen molar-refractivity contribution in [2.45, 2.75) is 83.0 Å². The van der Waals surface area contributed by atoms with Crippen LogP contribution in [0.4, 0.5) is 0 Å². The van der Waals surface area contributed by atoms with Gasteiger partial charge in [0.2, 0.25) is 0 Å². The third kappa shape index (κ3) is 8.98. The first-order chi connectivity index (χ1) is 15.8. The van der Waals surface area contributed by atoms with Crippen molar-refractivity contribution in [2.75, 3.05) is 0 Å². The first-order valence-corrected chi connectivity index (χ1v) is 11.9. The maximum atomic E-state index is 11.9. The van der Waals surface area contributed by atoms with Gasteiger partial charge in [0.05, 0.1) is 0 Å². The average molecular weight is 455 g/mol. The molecule has 2 aromatic rings. The summed E-state index contributed by atoms with van der Waals surface area (Å²) in [6.07, 6.45) is 6.99. The maximum absolute atomic E-state index is 11.9. The largest absolute Gasteiger partial charge is 0.480 e. The van der Waals surface area contributed by atoms with E-state index in [1.165, 1.54) is 19.3 Å². The minimum atomic E-state index is -0.959. The molecular formula is C27H38N2O4. The third-order valence-electron chi connectivity index (χ3n) is 6.13. The van der Waals surface area contributed by atoms with Crippen molar-refractivity contribution in [3.05, 3.63) is 71.8 Å². The van der Waals surface area contributed by atoms with E-state index >= 15 is 0 Å². The van der Waals surface area contributed by atoms with Crippen LogP contribution in [0.1, 0.15) is 57.1 Å². The minimum Gasteiger partial charge on any atom is -0.480 e. The van der Waals surface area contributed by atoms with Crippen LogP contribution in [-0.2, 0) is 22.4 Å². The Kier molecular flexibility index (Phi) is 11.1. The number of carbonyl (C=O) groups is 2. The van der Waals surface area contributed by atoms with Crippen LogP contribution in [0.15, 0.2) is 60.7 Å². The number of rotatable bonds is 9. The Morgan fingerprint density at radius 2 is 1.33 bits per heavy atom. The smallest absolute Gasteiger partial charge is 0.321 e. The molecule has 1 fully saturated rings. The molecule has 4 N–H and O–H groups in total. The van der Waals surface area contributed by atoms with Crippen LogP contribution in [0.5, 0.6) is 0 Å². The SMILES string of the molecule is CC(C)N(C1CCCCC1)[C@@H](Cc1ccccc1)C(=O)O.N[C@@H](Cc1ccccc1)C(=O)O. The van der Waals surface area contributed by atoms with E-state index in [4.69, 9.17) is 10.8 Å². The first-order valence-electron chi connectivity index (χ1n) is 11.9. The number of hydrogen-bond acceptors (Lipinski definition) is 4. The lowest BCUT2D eigenvalue weighted by Crippen LogP contribution is -2.52. The highest BCUT2D eigenvalue weighted by atomic mass is 16.4. The van der Waals surface area contributed by atoms with Crippen molar-refractivity contribution in [1.82, 2.24) is 4.90 Å². The number of carboxylic acids is 2. The van der Waals surface area contributed by atoms with Crippen molar-refractivity contribution in [3.63, 3.8) is 0 Å². The molecule has 0 bridgehead atoms. The van der Waals surface area contributed by atoms with Gasteiger partial charge in [0.25, 0.3) is 0 Å². The lowest BCUT2D eigenvalue weighted by atomic mass is 9.91. The highest BCUT2D eigenvalue weighted by Gasteiger charge is 2.33. The Labute approximate surface area is 197 Å². The molecule has 180 valence electrons. The van der Waals surface area contributed by atoms with E-state index in [1.807, 2.05) is 60.7 Å². The molecule has 6 nitrogen and oxygen atoms in total. The summed E-state index contributed by atoms with van der Waals surface area (Å²) in [5.41, 5.74) is 7.40. The quantitative estimate of drug-likeness (QED) is 0.520. The van der Waals surface area contributed by atoms with Gasteiger partial charge in [-0.05, 0) is 50.7 Å². The number of aliphatic carboxylic acids is 2. The van der Waals surface area contributed by atoms with Crippen LogP contribution in [0.3, 0.4) is 0 Å². The predicted octanol–water partition coefficient (Wildman–Crippen LogP) is 4.37. The van der Waals surface area contributed by atoms with Crippen molar-refractivity contribution in [3.8, 4) is 0 Å². The Morgan fingerprint density at radius 1 is 0.848 bits per heavy atom. The highest BCUT2D eigenvalue weighted by molar-refractivity contribution is 5.74. The Balaban J connectivity index is 0.000000273. The van der Waals surface area contributed by atoms with Gasteiger partial charge in [-0.25, -0.2) is 0 Å². The van der Waals surface area contributed by atoms with Gasteiger partial charge >= 0.3 is 11.9 Å². The van der Waals surface area contributed by atoms with E-state index < -0.39 is 24.0 Å². The molecule has 0 heterocycles. The Bertz CT molecular complexity index is 836. The van der Waals surface area contributed by atoms with Crippen LogP contribution in [0.25, 0.3) is 0 Å². The van der Waals surface area contributed by atoms with E-state index in [9.17, 15) is 14.7 Å². The van der Waals surface area contributed by atoms with Gasteiger partial charge in [-0.1, -0.05) is 79.9 Å². The molecule has 6 heteroatoms. The monoisotopic (exact) mass is 454 g/mol. The Hall–Kier alpha value is -2.70. The van der Waals surface area contributed by atoms with E-state index in [-0.39, 0.29) is 6.04 Å². The highest BCUT2D eigenvalue weighted by Crippen LogP contribution is 2.27. The summed E-state index contributed by atoms with van der Waals surface area (Å²) in [4.78, 5) is 24.5. The minimum absolute atomic E-state index is 0.262. The molecule has 0 amide bonds. The molecular weight excluding hydrogens is 416 g/mol. The van der Waals surface area contributed by atoms with Gasteiger partial charge in [-0.15, -0.1) is 0 Å². The molecule has 0 aromatic heterocycles. The molecule has 1 aliphatic carbocycles. The molecule has 0 aliphatic heterocycles. The molecule has 0 spiro atoms. The van der Waals surface area contributed by atoms with Crippen LogP contribution < -0.4 is 5.73 Å². The van der Waals surface area contributed by atoms with Gasteiger partial charge in [-0.2, -0.15) is 0 Å². The third-order valence-corrected chi connectivity index (χ3v) is 6.13. The molecule has 3 rings (SSSR count). The first kappa shape index (κ1) is 26.6. The van der Waals surface area contributed by atoms with Crippen LogP contribution >= 0.6 is 0 Å². The number of nitrogens with two attached hydrogens (primary N) is 1. The van der Waals surface area contributed by atoms with Gasteiger partial charge in [0, 0.05) is 12.1 Å². The maximum Gasteiger partial charge on any atom is 0.321 e. The van der Waals surface area contributed by atoms with Crippen molar-refractivity contribution in [2.24, 2.45) is 5.73 Å². The summed E-state index contributed by atoms with van der Waals surface area (Å²) < 4.78 is 0. The molecule has 0 radical (unpaired) electrons. The second-order valence-electron chi connectivity index (χ2n) is 9.01. The van der Waals surface area contributed by atoms with E-state index in [0.717, 1.165) is 24.0 Å². The average Bonchev–Trinajstić information content (AvgIpc) is 2.81. The van der Waals surface area contributed by atoms with Crippen LogP contribution in [0, 0.1) is 0 Å². The number of benzene rings is 2. The van der Waals surface area contributed by atoms with Gasteiger partial charge in [-0.3, -0.25) is 14.5 Å². The van der Waals surface area contributed by atoms with Crippen molar-refractivity contribution < 1.29 is 19.8 Å². The lowest BCUT2D eigenvalue weighted by molar-refractivity contribution is -0.145. The zero-order valence-electron chi connectivity index (χ0n) is 19.8. The second-order valence-corrected chi connectivity index (χ2v) is 9.01. The molecule has 2 atom stereocenters.